The van der Waals surface area contributed by atoms with Crippen LogP contribution in [0, 0.1) is 0 Å². The molecule has 0 radical (unpaired) electrons. The van der Waals surface area contributed by atoms with Crippen molar-refractivity contribution in [1.82, 2.24) is 0 Å². The zero-order valence-corrected chi connectivity index (χ0v) is 30.2. The molecule has 0 aliphatic heterocycles. The van der Waals surface area contributed by atoms with Gasteiger partial charge in [-0.2, -0.15) is 149 Å². The predicted molar refractivity (Wildman–Crippen MR) is 146 cm³/mol. The number of phenolic OH excluding ortho intramolecular Hbond substituents is 1. The molecule has 1 aromatic rings. The van der Waals surface area contributed by atoms with Gasteiger partial charge in [-0.05, 0) is 25.0 Å². The minimum Gasteiger partial charge on any atom is -0.507 e. The molecule has 3 nitrogen and oxygen atoms in total. The molecule has 0 bridgehead atoms. The molecule has 0 saturated heterocycles. The number of benzene rings is 1. The summed E-state index contributed by atoms with van der Waals surface area (Å²) < 4.78 is 462. The van der Waals surface area contributed by atoms with E-state index in [2.05, 4.69) is 0 Å². The van der Waals surface area contributed by atoms with Crippen LogP contribution < -0.4 is 4.90 Å². The van der Waals surface area contributed by atoms with Crippen LogP contribution in [0.5, 0.6) is 5.75 Å². The van der Waals surface area contributed by atoms with Crippen molar-refractivity contribution in [2.24, 2.45) is 0 Å². The number of phenols is 1. The van der Waals surface area contributed by atoms with Crippen LogP contribution in [0.15, 0.2) is 18.2 Å². The average Bonchev–Trinajstić information content (AvgIpc) is 3.12. The monoisotopic (exact) mass is 1060 g/mol. The molecule has 0 unspecified atom stereocenters. The lowest BCUT2D eigenvalue weighted by Gasteiger charge is -2.43. The fourth-order valence-corrected chi connectivity index (χ4v) is 4.89. The molecule has 66 heavy (non-hydrogen) atoms. The Hall–Kier alpha value is -3.89. The molecule has 0 aromatic heterocycles. The summed E-state index contributed by atoms with van der Waals surface area (Å²) >= 11 is 0. The third-order valence-electron chi connectivity index (χ3n) is 8.92. The average molecular weight is 1060 g/mol. The second-order valence-corrected chi connectivity index (χ2v) is 13.4. The van der Waals surface area contributed by atoms with Crippen molar-refractivity contribution in [1.29, 1.82) is 0 Å². The molecular formula is C29H17F34NO2. The molecule has 0 aliphatic rings. The summed E-state index contributed by atoms with van der Waals surface area (Å²) in [5, 5.41) is 9.78. The first kappa shape index (κ1) is 60.1. The minimum atomic E-state index is -9.04. The molecule has 388 valence electrons. The van der Waals surface area contributed by atoms with Crippen LogP contribution in [-0.4, -0.2) is 120 Å². The van der Waals surface area contributed by atoms with E-state index in [-0.39, 0.29) is 17.3 Å². The van der Waals surface area contributed by atoms with Gasteiger partial charge in [0.25, 0.3) is 0 Å². The van der Waals surface area contributed by atoms with Crippen LogP contribution in [0.25, 0.3) is 0 Å². The second-order valence-electron chi connectivity index (χ2n) is 13.4. The first-order valence-corrected chi connectivity index (χ1v) is 16.0. The molecule has 0 spiro atoms. The molecule has 1 rings (SSSR count). The van der Waals surface area contributed by atoms with Crippen LogP contribution in [0.3, 0.4) is 0 Å². The van der Waals surface area contributed by atoms with Crippen molar-refractivity contribution >= 4 is 12.0 Å². The summed E-state index contributed by atoms with van der Waals surface area (Å²) in [6.07, 6.45) is -27.5. The van der Waals surface area contributed by atoms with Crippen LogP contribution >= 0.6 is 0 Å². The summed E-state index contributed by atoms with van der Waals surface area (Å²) in [5.74, 6) is -121. The van der Waals surface area contributed by atoms with Crippen LogP contribution in [0.1, 0.15) is 36.0 Å². The number of alkyl halides is 34. The molecule has 37 heteroatoms. The maximum atomic E-state index is 14.4. The zero-order chi connectivity index (χ0) is 53.4. The van der Waals surface area contributed by atoms with E-state index in [0.29, 0.717) is 12.1 Å². The van der Waals surface area contributed by atoms with Gasteiger partial charge in [0.1, 0.15) is 5.75 Å². The maximum absolute atomic E-state index is 14.4. The van der Waals surface area contributed by atoms with Crippen molar-refractivity contribution < 1.29 is 159 Å². The third kappa shape index (κ3) is 8.73. The molecular weight excluding hydrogens is 1040 g/mol. The van der Waals surface area contributed by atoms with Crippen molar-refractivity contribution in [3.63, 3.8) is 0 Å². The van der Waals surface area contributed by atoms with Crippen molar-refractivity contribution in [2.45, 2.75) is 121 Å². The maximum Gasteiger partial charge on any atom is 0.460 e. The van der Waals surface area contributed by atoms with E-state index in [1.54, 1.807) is 0 Å². The van der Waals surface area contributed by atoms with Gasteiger partial charge in [0, 0.05) is 37.7 Å². The third-order valence-corrected chi connectivity index (χ3v) is 8.92. The van der Waals surface area contributed by atoms with E-state index < -0.39 is 151 Å². The van der Waals surface area contributed by atoms with E-state index in [1.165, 1.54) is 0 Å². The highest BCUT2D eigenvalue weighted by Gasteiger charge is 2.96. The lowest BCUT2D eigenvalue weighted by atomic mass is 9.88. The Morgan fingerprint density at radius 3 is 0.848 bits per heavy atom. The Balaban J connectivity index is 3.62. The van der Waals surface area contributed by atoms with E-state index >= 15 is 0 Å². The van der Waals surface area contributed by atoms with Crippen LogP contribution in [-0.2, 0) is 0 Å². The van der Waals surface area contributed by atoms with Gasteiger partial charge < -0.3 is 10.0 Å². The van der Waals surface area contributed by atoms with Gasteiger partial charge in [-0.25, -0.2) is 0 Å². The molecule has 0 heterocycles. The van der Waals surface area contributed by atoms with Gasteiger partial charge in [-0.15, -0.1) is 0 Å². The number of hydrogen-bond acceptors (Lipinski definition) is 3. The smallest absolute Gasteiger partial charge is 0.460 e. The SMILES string of the molecule is O=Cc1ccc(N(CCCC(F)(F)C(F)(F)C(F)(F)C(F)(F)C(F)(F)C(F)(F)C(F)(F)C(F)(F)F)CCCC(F)(F)C(F)(F)C(F)(F)C(F)(F)C(F)(F)C(F)(F)C(F)(F)C(F)(F)F)cc1O. The molecule has 1 aromatic carbocycles. The lowest BCUT2D eigenvalue weighted by molar-refractivity contribution is -0.461. The second kappa shape index (κ2) is 17.0. The fourth-order valence-electron chi connectivity index (χ4n) is 4.89. The number of aldehydes is 1. The quantitative estimate of drug-likeness (QED) is 0.0929. The number of rotatable bonds is 22. The van der Waals surface area contributed by atoms with E-state index in [9.17, 15) is 159 Å². The molecule has 0 amide bonds. The van der Waals surface area contributed by atoms with Crippen LogP contribution in [0.2, 0.25) is 0 Å². The van der Waals surface area contributed by atoms with Gasteiger partial charge in [-0.3, -0.25) is 4.79 Å². The van der Waals surface area contributed by atoms with Crippen LogP contribution in [0.4, 0.5) is 155 Å². The van der Waals surface area contributed by atoms with E-state index in [4.69, 9.17) is 0 Å². The molecule has 0 atom stereocenters. The Morgan fingerprint density at radius 1 is 0.379 bits per heavy atom. The number of anilines is 1. The Labute approximate surface area is 340 Å². The van der Waals surface area contributed by atoms with Gasteiger partial charge in [-0.1, -0.05) is 0 Å². The summed E-state index contributed by atoms with van der Waals surface area (Å²) in [4.78, 5) is 10.8. The highest BCUT2D eigenvalue weighted by molar-refractivity contribution is 5.80. The number of hydrogen-bond donors (Lipinski definition) is 1. The van der Waals surface area contributed by atoms with Gasteiger partial charge in [0.05, 0.1) is 5.56 Å². The number of halogens is 34. The van der Waals surface area contributed by atoms with Gasteiger partial charge >= 0.3 is 95.3 Å². The minimum absolute atomic E-state index is 0.116. The normalized spacial score (nSPS) is 15.9. The Bertz CT molecular complexity index is 1760. The molecule has 0 saturated carbocycles. The Kier molecular flexibility index (Phi) is 15.4. The van der Waals surface area contributed by atoms with Crippen molar-refractivity contribution in [2.75, 3.05) is 18.0 Å². The van der Waals surface area contributed by atoms with Crippen molar-refractivity contribution in [3.8, 4) is 5.75 Å². The number of carbonyl (C=O) groups excluding carboxylic acids is 1. The van der Waals surface area contributed by atoms with Gasteiger partial charge in [0.2, 0.25) is 0 Å². The summed E-state index contributed by atoms with van der Waals surface area (Å²) in [6, 6.07) is 0.826. The zero-order valence-electron chi connectivity index (χ0n) is 30.2. The summed E-state index contributed by atoms with van der Waals surface area (Å²) in [7, 11) is 0. The molecule has 1 N–H and O–H groups in total. The number of aromatic hydroxyl groups is 1. The van der Waals surface area contributed by atoms with E-state index in [1.807, 2.05) is 0 Å². The topological polar surface area (TPSA) is 40.5 Å². The lowest BCUT2D eigenvalue weighted by Crippen LogP contribution is -2.74. The first-order valence-electron chi connectivity index (χ1n) is 16.0. The highest BCUT2D eigenvalue weighted by atomic mass is 19.4. The number of nitrogens with zero attached hydrogens (tertiary/aromatic N) is 1. The standard InChI is InChI=1S/C29H17F34NO2/c30-14(31,16(34,35)18(38,39)20(42,43)22(46,47)24(50,51)26(54,55)28(58,59)60)5-1-7-64(12-4-3-11(10-65)13(66)9-12)8-2-6-15(32,33)17(36,37)19(40,41)21(44,45)23(48,49)25(52,53)27(56,57)29(61,62)63/h3-4,9-10,66H,1-2,5-8H2. The fraction of sp³-hybridized carbons (Fsp3) is 0.759. The predicted octanol–water partition coefficient (Wildman–Crippen LogP) is 13.6. The van der Waals surface area contributed by atoms with Gasteiger partial charge in [0.15, 0.2) is 6.29 Å². The highest BCUT2D eigenvalue weighted by Crippen LogP contribution is 2.66. The Morgan fingerprint density at radius 2 is 0.621 bits per heavy atom. The summed E-state index contributed by atoms with van der Waals surface area (Å²) in [5.41, 5.74) is -1.95. The van der Waals surface area contributed by atoms with E-state index in [0.717, 1.165) is 0 Å². The number of carbonyl (C=O) groups is 1. The largest absolute Gasteiger partial charge is 0.507 e. The molecule has 0 aliphatic carbocycles. The van der Waals surface area contributed by atoms with Crippen molar-refractivity contribution in [3.05, 3.63) is 23.8 Å². The first-order chi connectivity index (χ1) is 28.5. The molecule has 0 fully saturated rings. The summed E-state index contributed by atoms with van der Waals surface area (Å²) in [6.45, 7) is -3.80.